The van der Waals surface area contributed by atoms with E-state index in [-0.39, 0.29) is 18.1 Å². The Balaban J connectivity index is 1.38. The molecular formula is C42H28N2. The molecule has 2 nitrogen and oxygen atoms in total. The van der Waals surface area contributed by atoms with Crippen LogP contribution in [-0.4, -0.2) is 9.13 Å². The molecule has 0 bridgehead atoms. The van der Waals surface area contributed by atoms with E-state index in [1.807, 2.05) is 91.0 Å². The first kappa shape index (κ1) is 21.8. The molecule has 0 atom stereocenters. The summed E-state index contributed by atoms with van der Waals surface area (Å²) >= 11 is 0. The minimum atomic E-state index is 0.0508. The minimum absolute atomic E-state index is 0.0508. The van der Waals surface area contributed by atoms with Crippen LogP contribution in [0.25, 0.3) is 77.2 Å². The van der Waals surface area contributed by atoms with Crippen molar-refractivity contribution in [2.24, 2.45) is 0 Å². The van der Waals surface area contributed by atoms with Gasteiger partial charge in [-0.2, -0.15) is 0 Å². The molecule has 0 saturated heterocycles. The van der Waals surface area contributed by atoms with Crippen molar-refractivity contribution >= 4 is 43.6 Å². The normalized spacial score (nSPS) is 12.6. The van der Waals surface area contributed by atoms with Crippen molar-refractivity contribution in [3.05, 3.63) is 170 Å². The summed E-state index contributed by atoms with van der Waals surface area (Å²) in [5, 5.41) is 3.73. The molecule has 0 aliphatic carbocycles. The number of fused-ring (bicyclic) bond motifs is 6. The lowest BCUT2D eigenvalue weighted by Crippen LogP contribution is -1.95. The maximum absolute atomic E-state index is 9.74. The molecule has 0 unspecified atom stereocenters. The summed E-state index contributed by atoms with van der Waals surface area (Å²) in [6.07, 6.45) is 0. The molecule has 9 rings (SSSR count). The van der Waals surface area contributed by atoms with Gasteiger partial charge in [0.1, 0.15) is 0 Å². The van der Waals surface area contributed by atoms with Crippen molar-refractivity contribution in [2.45, 2.75) is 0 Å². The van der Waals surface area contributed by atoms with E-state index < -0.39 is 0 Å². The number of para-hydroxylation sites is 4. The molecule has 0 amide bonds. The van der Waals surface area contributed by atoms with Gasteiger partial charge in [0.25, 0.3) is 0 Å². The van der Waals surface area contributed by atoms with Gasteiger partial charge in [0.2, 0.25) is 0 Å². The van der Waals surface area contributed by atoms with E-state index >= 15 is 0 Å². The van der Waals surface area contributed by atoms with Crippen LogP contribution in [-0.2, 0) is 0 Å². The van der Waals surface area contributed by atoms with Gasteiger partial charge in [-0.15, -0.1) is 0 Å². The van der Waals surface area contributed by atoms with Crippen molar-refractivity contribution in [2.75, 3.05) is 0 Å². The van der Waals surface area contributed by atoms with Crippen LogP contribution >= 0.6 is 0 Å². The van der Waals surface area contributed by atoms with Crippen LogP contribution in [0.4, 0.5) is 0 Å². The Morgan fingerprint density at radius 2 is 1.02 bits per heavy atom. The van der Waals surface area contributed by atoms with E-state index in [0.29, 0.717) is 16.5 Å². The second kappa shape index (κ2) is 9.86. The highest BCUT2D eigenvalue weighted by atomic mass is 15.0. The number of aromatic nitrogens is 2. The largest absolute Gasteiger partial charge is 0.309 e. The summed E-state index contributed by atoms with van der Waals surface area (Å²) in [5.41, 5.74) is 8.94. The second-order valence-electron chi connectivity index (χ2n) is 11.1. The molecule has 206 valence electrons. The third-order valence-electron chi connectivity index (χ3n) is 8.62. The molecule has 9 aromatic rings. The lowest BCUT2D eigenvalue weighted by Gasteiger charge is -2.11. The highest BCUT2D eigenvalue weighted by Gasteiger charge is 2.18. The average Bonchev–Trinajstić information content (AvgIpc) is 3.65. The first-order valence-corrected chi connectivity index (χ1v) is 14.9. The average molecular weight is 564 g/mol. The Hall–Kier alpha value is -5.86. The van der Waals surface area contributed by atoms with Gasteiger partial charge >= 0.3 is 0 Å². The molecule has 2 aromatic heterocycles. The van der Waals surface area contributed by atoms with Crippen molar-refractivity contribution < 1.29 is 4.11 Å². The lowest BCUT2D eigenvalue weighted by atomic mass is 9.99. The highest BCUT2D eigenvalue weighted by molar-refractivity contribution is 6.15. The van der Waals surface area contributed by atoms with Crippen LogP contribution in [0, 0.1) is 0 Å². The summed E-state index contributed by atoms with van der Waals surface area (Å²) in [5.74, 6) is 0. The Morgan fingerprint density at radius 3 is 1.80 bits per heavy atom. The Kier molecular flexibility index (Phi) is 4.88. The molecule has 0 N–H and O–H groups in total. The highest BCUT2D eigenvalue weighted by Crippen LogP contribution is 2.40. The number of benzene rings is 7. The van der Waals surface area contributed by atoms with Crippen LogP contribution < -0.4 is 0 Å². The SMILES string of the molecule is [2H]c1c(-c2ccc3c(c2)c2ccccc2n3-c2ccccc2)c([2H])c2c3cccc(-c4ccccc4)c3n(-c3ccccc3)c2c1[2H]. The predicted octanol–water partition coefficient (Wildman–Crippen LogP) is 11.2. The molecule has 0 aliphatic heterocycles. The molecular weight excluding hydrogens is 532 g/mol. The second-order valence-corrected chi connectivity index (χ2v) is 11.1. The summed E-state index contributed by atoms with van der Waals surface area (Å²) < 4.78 is 32.9. The maximum Gasteiger partial charge on any atom is 0.0645 e. The van der Waals surface area contributed by atoms with E-state index in [9.17, 15) is 4.11 Å². The fourth-order valence-corrected chi connectivity index (χ4v) is 6.67. The fraction of sp³-hybridized carbons (Fsp3) is 0. The summed E-state index contributed by atoms with van der Waals surface area (Å²) in [4.78, 5) is 0. The number of hydrogen-bond donors (Lipinski definition) is 0. The molecule has 0 aliphatic rings. The minimum Gasteiger partial charge on any atom is -0.309 e. The zero-order valence-electron chi connectivity index (χ0n) is 26.8. The summed E-state index contributed by atoms with van der Waals surface area (Å²) in [6, 6.07) is 51.7. The summed E-state index contributed by atoms with van der Waals surface area (Å²) in [7, 11) is 0. The van der Waals surface area contributed by atoms with Crippen LogP contribution in [0.15, 0.2) is 170 Å². The van der Waals surface area contributed by atoms with Crippen LogP contribution in [0.2, 0.25) is 0 Å². The van der Waals surface area contributed by atoms with E-state index in [0.717, 1.165) is 60.8 Å². The van der Waals surface area contributed by atoms with Crippen LogP contribution in [0.1, 0.15) is 4.11 Å². The molecule has 44 heavy (non-hydrogen) atoms. The van der Waals surface area contributed by atoms with E-state index in [1.165, 1.54) is 0 Å². The van der Waals surface area contributed by atoms with E-state index in [2.05, 4.69) is 69.8 Å². The zero-order valence-corrected chi connectivity index (χ0v) is 23.8. The van der Waals surface area contributed by atoms with E-state index in [4.69, 9.17) is 0 Å². The molecule has 2 heterocycles. The standard InChI is InChI=1S/C42H28N2/c1-4-13-29(14-5-1)34-20-12-21-36-38-28-31(24-26-41(38)44(42(34)36)33-17-8-3-9-18-33)30-23-25-40-37(27-30)35-19-10-11-22-39(35)43(40)32-15-6-2-7-16-32/h1-28H/i24D,26D,28D. The molecule has 0 spiro atoms. The van der Waals surface area contributed by atoms with Crippen molar-refractivity contribution in [3.63, 3.8) is 0 Å². The van der Waals surface area contributed by atoms with Crippen molar-refractivity contribution in [1.82, 2.24) is 9.13 Å². The maximum atomic E-state index is 9.74. The number of hydrogen-bond acceptors (Lipinski definition) is 0. The smallest absolute Gasteiger partial charge is 0.0645 e. The molecule has 2 heteroatoms. The van der Waals surface area contributed by atoms with Gasteiger partial charge in [0.15, 0.2) is 0 Å². The first-order chi connectivity index (χ1) is 23.1. The van der Waals surface area contributed by atoms with E-state index in [1.54, 1.807) is 0 Å². The van der Waals surface area contributed by atoms with Gasteiger partial charge in [0, 0.05) is 38.5 Å². The quantitative estimate of drug-likeness (QED) is 0.202. The number of nitrogens with zero attached hydrogens (tertiary/aromatic N) is 2. The molecule has 0 radical (unpaired) electrons. The van der Waals surface area contributed by atoms with Gasteiger partial charge in [-0.1, -0.05) is 115 Å². The van der Waals surface area contributed by atoms with Crippen LogP contribution in [0.5, 0.6) is 0 Å². The van der Waals surface area contributed by atoms with Gasteiger partial charge < -0.3 is 9.13 Å². The van der Waals surface area contributed by atoms with Gasteiger partial charge in [-0.25, -0.2) is 0 Å². The topological polar surface area (TPSA) is 9.86 Å². The van der Waals surface area contributed by atoms with Gasteiger partial charge in [0.05, 0.1) is 26.2 Å². The lowest BCUT2D eigenvalue weighted by molar-refractivity contribution is 1.18. The van der Waals surface area contributed by atoms with Crippen molar-refractivity contribution in [1.29, 1.82) is 0 Å². The van der Waals surface area contributed by atoms with Crippen molar-refractivity contribution in [3.8, 4) is 33.6 Å². The van der Waals surface area contributed by atoms with Gasteiger partial charge in [-0.05, 0) is 71.2 Å². The molecule has 7 aromatic carbocycles. The zero-order chi connectivity index (χ0) is 31.6. The molecule has 0 saturated carbocycles. The third kappa shape index (κ3) is 3.75. The first-order valence-electron chi connectivity index (χ1n) is 16.4. The fourth-order valence-electron chi connectivity index (χ4n) is 6.67. The molecule has 0 fully saturated rings. The monoisotopic (exact) mass is 563 g/mol. The Bertz CT molecular complexity index is 2640. The predicted molar refractivity (Wildman–Crippen MR) is 186 cm³/mol. The number of rotatable bonds is 4. The Morgan fingerprint density at radius 1 is 0.386 bits per heavy atom. The summed E-state index contributed by atoms with van der Waals surface area (Å²) in [6.45, 7) is 0. The van der Waals surface area contributed by atoms with Crippen LogP contribution in [0.3, 0.4) is 0 Å². The Labute approximate surface area is 259 Å². The third-order valence-corrected chi connectivity index (χ3v) is 8.62. The van der Waals surface area contributed by atoms with Gasteiger partial charge in [-0.3, -0.25) is 0 Å².